The van der Waals surface area contributed by atoms with Crippen molar-refractivity contribution in [2.24, 2.45) is 4.99 Å². The number of hydrogen-bond donors (Lipinski definition) is 2. The molecule has 0 saturated heterocycles. The maximum atomic E-state index is 5.97. The molecule has 0 atom stereocenters. The van der Waals surface area contributed by atoms with Crippen molar-refractivity contribution in [1.82, 2.24) is 15.0 Å². The summed E-state index contributed by atoms with van der Waals surface area (Å²) >= 11 is 5.97. The Morgan fingerprint density at radius 2 is 2.15 bits per heavy atom. The standard InChI is InChI=1S/C14H10ClN5/c15-12-4-11-13(17-7-18-14(11)20-12)19-10-2-1-8-5-16-6-9(8)3-10/h1-4,6-7H,5H2,(H2,17,18,19,20). The van der Waals surface area contributed by atoms with Gasteiger partial charge in [0.15, 0.2) is 0 Å². The van der Waals surface area contributed by atoms with E-state index in [9.17, 15) is 0 Å². The summed E-state index contributed by atoms with van der Waals surface area (Å²) in [6.45, 7) is 0.765. The van der Waals surface area contributed by atoms with Gasteiger partial charge in [-0.15, -0.1) is 0 Å². The van der Waals surface area contributed by atoms with Crippen LogP contribution in [0.1, 0.15) is 11.1 Å². The second-order valence-corrected chi connectivity index (χ2v) is 5.02. The third kappa shape index (κ3) is 1.83. The van der Waals surface area contributed by atoms with E-state index in [0.29, 0.717) is 5.15 Å². The summed E-state index contributed by atoms with van der Waals surface area (Å²) in [5.41, 5.74) is 4.07. The third-order valence-corrected chi connectivity index (χ3v) is 3.50. The Kier molecular flexibility index (Phi) is 2.47. The lowest BCUT2D eigenvalue weighted by atomic mass is 10.1. The van der Waals surface area contributed by atoms with Crippen LogP contribution in [0.4, 0.5) is 11.5 Å². The highest BCUT2D eigenvalue weighted by Gasteiger charge is 2.10. The quantitative estimate of drug-likeness (QED) is 0.758. The predicted molar refractivity (Wildman–Crippen MR) is 79.9 cm³/mol. The maximum Gasteiger partial charge on any atom is 0.144 e. The number of H-pyrrole nitrogens is 1. The number of nitrogens with zero attached hydrogens (tertiary/aromatic N) is 3. The molecule has 3 aromatic rings. The Morgan fingerprint density at radius 1 is 1.20 bits per heavy atom. The molecular formula is C14H10ClN5. The fourth-order valence-corrected chi connectivity index (χ4v) is 2.52. The number of fused-ring (bicyclic) bond motifs is 2. The van der Waals surface area contributed by atoms with Gasteiger partial charge < -0.3 is 10.3 Å². The van der Waals surface area contributed by atoms with Crippen molar-refractivity contribution in [3.63, 3.8) is 0 Å². The van der Waals surface area contributed by atoms with E-state index in [-0.39, 0.29) is 0 Å². The second-order valence-electron chi connectivity index (χ2n) is 4.61. The van der Waals surface area contributed by atoms with Gasteiger partial charge in [-0.05, 0) is 29.3 Å². The van der Waals surface area contributed by atoms with Gasteiger partial charge >= 0.3 is 0 Å². The van der Waals surface area contributed by atoms with Crippen LogP contribution in [0.15, 0.2) is 35.6 Å². The molecule has 20 heavy (non-hydrogen) atoms. The number of rotatable bonds is 2. The fourth-order valence-electron chi connectivity index (χ4n) is 2.32. The van der Waals surface area contributed by atoms with Crippen LogP contribution in [-0.2, 0) is 6.54 Å². The average molecular weight is 284 g/mol. The summed E-state index contributed by atoms with van der Waals surface area (Å²) in [4.78, 5) is 15.7. The van der Waals surface area contributed by atoms with Gasteiger partial charge in [0.25, 0.3) is 0 Å². The molecule has 0 spiro atoms. The lowest BCUT2D eigenvalue weighted by molar-refractivity contribution is 1.11. The van der Waals surface area contributed by atoms with Crippen LogP contribution in [0, 0.1) is 0 Å². The highest BCUT2D eigenvalue weighted by molar-refractivity contribution is 6.30. The van der Waals surface area contributed by atoms with E-state index in [0.717, 1.165) is 34.6 Å². The molecule has 0 unspecified atom stereocenters. The van der Waals surface area contributed by atoms with E-state index in [1.165, 1.54) is 11.9 Å². The predicted octanol–water partition coefficient (Wildman–Crippen LogP) is 3.29. The topological polar surface area (TPSA) is 66.0 Å². The molecule has 0 radical (unpaired) electrons. The summed E-state index contributed by atoms with van der Waals surface area (Å²) < 4.78 is 0. The number of aromatic amines is 1. The third-order valence-electron chi connectivity index (χ3n) is 3.29. The van der Waals surface area contributed by atoms with Crippen LogP contribution >= 0.6 is 11.6 Å². The molecule has 0 amide bonds. The molecule has 98 valence electrons. The Bertz CT molecular complexity index is 837. The molecule has 5 nitrogen and oxygen atoms in total. The molecule has 0 fully saturated rings. The molecule has 0 bridgehead atoms. The highest BCUT2D eigenvalue weighted by Crippen LogP contribution is 2.27. The summed E-state index contributed by atoms with van der Waals surface area (Å²) in [5.74, 6) is 0.730. The van der Waals surface area contributed by atoms with Crippen molar-refractivity contribution in [2.75, 3.05) is 5.32 Å². The normalized spacial score (nSPS) is 12.8. The van der Waals surface area contributed by atoms with Gasteiger partial charge in [-0.1, -0.05) is 17.7 Å². The number of nitrogens with one attached hydrogen (secondary N) is 2. The molecule has 1 aromatic carbocycles. The van der Waals surface area contributed by atoms with Crippen molar-refractivity contribution in [3.05, 3.63) is 46.9 Å². The van der Waals surface area contributed by atoms with Gasteiger partial charge in [0.05, 0.1) is 11.9 Å². The van der Waals surface area contributed by atoms with Gasteiger partial charge in [0.2, 0.25) is 0 Å². The van der Waals surface area contributed by atoms with Crippen molar-refractivity contribution < 1.29 is 0 Å². The smallest absolute Gasteiger partial charge is 0.144 e. The molecule has 2 N–H and O–H groups in total. The minimum absolute atomic E-state index is 0.546. The molecule has 4 rings (SSSR count). The van der Waals surface area contributed by atoms with Crippen molar-refractivity contribution in [1.29, 1.82) is 0 Å². The van der Waals surface area contributed by atoms with E-state index in [1.54, 1.807) is 0 Å². The molecule has 2 aromatic heterocycles. The zero-order chi connectivity index (χ0) is 13.5. The van der Waals surface area contributed by atoms with Crippen molar-refractivity contribution >= 4 is 40.4 Å². The van der Waals surface area contributed by atoms with Crippen molar-refractivity contribution in [2.45, 2.75) is 6.54 Å². The van der Waals surface area contributed by atoms with Gasteiger partial charge in [0, 0.05) is 11.9 Å². The van der Waals surface area contributed by atoms with Crippen LogP contribution in [0.25, 0.3) is 11.0 Å². The molecule has 0 saturated carbocycles. The number of anilines is 2. The van der Waals surface area contributed by atoms with Crippen LogP contribution in [0.3, 0.4) is 0 Å². The Balaban J connectivity index is 1.75. The van der Waals surface area contributed by atoms with Crippen LogP contribution in [-0.4, -0.2) is 21.2 Å². The fraction of sp³-hybridized carbons (Fsp3) is 0.0714. The summed E-state index contributed by atoms with van der Waals surface area (Å²) in [6.07, 6.45) is 3.40. The first-order chi connectivity index (χ1) is 9.79. The Labute approximate surface area is 119 Å². The van der Waals surface area contributed by atoms with E-state index >= 15 is 0 Å². The number of halogens is 1. The summed E-state index contributed by atoms with van der Waals surface area (Å²) in [5, 5.41) is 4.71. The molecule has 6 heteroatoms. The zero-order valence-corrected chi connectivity index (χ0v) is 11.1. The first-order valence-corrected chi connectivity index (χ1v) is 6.56. The molecule has 1 aliphatic heterocycles. The second kappa shape index (κ2) is 4.31. The number of benzene rings is 1. The molecule has 0 aliphatic carbocycles. The summed E-state index contributed by atoms with van der Waals surface area (Å²) in [6, 6.07) is 7.98. The molecule has 3 heterocycles. The number of aromatic nitrogens is 3. The first-order valence-electron chi connectivity index (χ1n) is 6.18. The maximum absolute atomic E-state index is 5.97. The van der Waals surface area contributed by atoms with Crippen molar-refractivity contribution in [3.8, 4) is 0 Å². The highest BCUT2D eigenvalue weighted by atomic mass is 35.5. The minimum atomic E-state index is 0.546. The Hall–Kier alpha value is -2.40. The van der Waals surface area contributed by atoms with E-state index in [2.05, 4.69) is 37.4 Å². The SMILES string of the molecule is Clc1cc2c(Nc3ccc4c(c3)C=NC4)ncnc2[nH]1. The largest absolute Gasteiger partial charge is 0.340 e. The van der Waals surface area contributed by atoms with E-state index < -0.39 is 0 Å². The van der Waals surface area contributed by atoms with Crippen LogP contribution in [0.5, 0.6) is 0 Å². The monoisotopic (exact) mass is 283 g/mol. The summed E-state index contributed by atoms with van der Waals surface area (Å²) in [7, 11) is 0. The minimum Gasteiger partial charge on any atom is -0.340 e. The zero-order valence-electron chi connectivity index (χ0n) is 10.4. The van der Waals surface area contributed by atoms with Gasteiger partial charge in [-0.3, -0.25) is 4.99 Å². The first kappa shape index (κ1) is 11.4. The average Bonchev–Trinajstić information content (AvgIpc) is 3.04. The van der Waals surface area contributed by atoms with Crippen LogP contribution in [0.2, 0.25) is 5.15 Å². The molecular weight excluding hydrogens is 274 g/mol. The van der Waals surface area contributed by atoms with Gasteiger partial charge in [-0.25, -0.2) is 9.97 Å². The lowest BCUT2D eigenvalue weighted by Gasteiger charge is -2.07. The van der Waals surface area contributed by atoms with E-state index in [4.69, 9.17) is 11.6 Å². The van der Waals surface area contributed by atoms with Crippen LogP contribution < -0.4 is 5.32 Å². The molecule has 1 aliphatic rings. The Morgan fingerprint density at radius 3 is 3.10 bits per heavy atom. The van der Waals surface area contributed by atoms with Gasteiger partial charge in [0.1, 0.15) is 22.9 Å². The lowest BCUT2D eigenvalue weighted by Crippen LogP contribution is -1.96. The van der Waals surface area contributed by atoms with E-state index in [1.807, 2.05) is 18.3 Å². The van der Waals surface area contributed by atoms with Gasteiger partial charge in [-0.2, -0.15) is 0 Å². The number of hydrogen-bond acceptors (Lipinski definition) is 4. The number of aliphatic imine (C=N–C) groups is 1.